The monoisotopic (exact) mass is 256 g/mol. The second kappa shape index (κ2) is 4.79. The van der Waals surface area contributed by atoms with E-state index in [-0.39, 0.29) is 6.67 Å². The van der Waals surface area contributed by atoms with E-state index in [0.717, 1.165) is 11.4 Å². The summed E-state index contributed by atoms with van der Waals surface area (Å²) in [4.78, 5) is 1.86. The van der Waals surface area contributed by atoms with Crippen LogP contribution in [0.25, 0.3) is 0 Å². The van der Waals surface area contributed by atoms with Crippen LogP contribution in [-0.2, 0) is 6.42 Å². The molecule has 2 unspecified atom stereocenters. The summed E-state index contributed by atoms with van der Waals surface area (Å²) in [7, 11) is 0. The first kappa shape index (κ1) is 12.6. The molecule has 0 bridgehead atoms. The Balaban J connectivity index is 2.20. The zero-order chi connectivity index (χ0) is 12.5. The highest BCUT2D eigenvalue weighted by atomic mass is 32.1. The molecule has 0 saturated carbocycles. The van der Waals surface area contributed by atoms with Crippen molar-refractivity contribution in [3.8, 4) is 0 Å². The first-order valence-corrected chi connectivity index (χ1v) is 6.34. The summed E-state index contributed by atoms with van der Waals surface area (Å²) < 4.78 is -0.814. The van der Waals surface area contributed by atoms with Gasteiger partial charge in [0.25, 0.3) is 0 Å². The van der Waals surface area contributed by atoms with E-state index in [1.54, 1.807) is 6.08 Å². The molecule has 0 amide bonds. The zero-order valence-corrected chi connectivity index (χ0v) is 10.6. The van der Waals surface area contributed by atoms with Crippen LogP contribution >= 0.6 is 11.3 Å². The summed E-state index contributed by atoms with van der Waals surface area (Å²) in [5.41, 5.74) is 0. The minimum atomic E-state index is -0.993. The number of hydroxylamine groups is 2. The van der Waals surface area contributed by atoms with Crippen molar-refractivity contribution in [3.63, 3.8) is 0 Å². The quantitative estimate of drug-likeness (QED) is 0.487. The molecular formula is C10H16N4O2S. The van der Waals surface area contributed by atoms with Crippen LogP contribution in [0.4, 0.5) is 5.13 Å². The van der Waals surface area contributed by atoms with Crippen LogP contribution in [0, 0.1) is 5.21 Å². The molecule has 1 N–H and O–H groups in total. The van der Waals surface area contributed by atoms with Crippen molar-refractivity contribution >= 4 is 16.5 Å². The van der Waals surface area contributed by atoms with Crippen LogP contribution in [0.15, 0.2) is 12.7 Å². The van der Waals surface area contributed by atoms with Gasteiger partial charge in [-0.25, -0.2) is 4.90 Å². The van der Waals surface area contributed by atoms with Crippen molar-refractivity contribution in [2.75, 3.05) is 19.8 Å². The minimum absolute atomic E-state index is 0.200. The van der Waals surface area contributed by atoms with E-state index in [0.29, 0.717) is 18.2 Å². The molecular weight excluding hydrogens is 240 g/mol. The van der Waals surface area contributed by atoms with E-state index >= 15 is 0 Å². The van der Waals surface area contributed by atoms with E-state index in [1.807, 2.05) is 11.8 Å². The fraction of sp³-hybridized carbons (Fsp3) is 0.600. The van der Waals surface area contributed by atoms with Crippen molar-refractivity contribution < 1.29 is 5.11 Å². The molecule has 0 aromatic carbocycles. The van der Waals surface area contributed by atoms with E-state index < -0.39 is 10.9 Å². The third-order valence-corrected chi connectivity index (χ3v) is 3.96. The van der Waals surface area contributed by atoms with Crippen molar-refractivity contribution in [1.29, 1.82) is 0 Å². The molecule has 94 valence electrons. The Morgan fingerprint density at radius 3 is 3.06 bits per heavy atom. The number of aliphatic hydroxyl groups is 1. The molecule has 6 nitrogen and oxygen atoms in total. The number of quaternary nitrogens is 1. The number of aliphatic hydroxyl groups excluding tert-OH is 1. The predicted octanol–water partition coefficient (Wildman–Crippen LogP) is 0.683. The standard InChI is InChI=1S/C10H16N4O2S/c1-3-5-13-6-9(15)14(16,7-13)10-12-11-8(4-2)17-10/h3,9,15H,1,4-7H2,2H3. The van der Waals surface area contributed by atoms with E-state index in [1.165, 1.54) is 11.3 Å². The maximum absolute atomic E-state index is 12.6. The van der Waals surface area contributed by atoms with Crippen LogP contribution in [0.1, 0.15) is 11.9 Å². The SMILES string of the molecule is C=CCN1CC(O)[N+]([O-])(c2nnc(CC)s2)C1. The number of aromatic nitrogens is 2. The highest BCUT2D eigenvalue weighted by Crippen LogP contribution is 2.32. The van der Waals surface area contributed by atoms with Gasteiger partial charge in [-0.15, -0.1) is 11.7 Å². The Kier molecular flexibility index (Phi) is 3.55. The molecule has 1 aromatic rings. The summed E-state index contributed by atoms with van der Waals surface area (Å²) in [6.07, 6.45) is 1.48. The van der Waals surface area contributed by atoms with Crippen LogP contribution < -0.4 is 4.65 Å². The zero-order valence-electron chi connectivity index (χ0n) is 9.74. The molecule has 0 aliphatic carbocycles. The van der Waals surface area contributed by atoms with Crippen LogP contribution in [0.2, 0.25) is 0 Å². The van der Waals surface area contributed by atoms with Crippen LogP contribution in [0.5, 0.6) is 0 Å². The molecule has 2 atom stereocenters. The number of hydrogen-bond acceptors (Lipinski definition) is 6. The second-order valence-electron chi connectivity index (χ2n) is 4.07. The van der Waals surface area contributed by atoms with E-state index in [9.17, 15) is 10.3 Å². The van der Waals surface area contributed by atoms with Gasteiger partial charge >= 0.3 is 5.13 Å². The first-order chi connectivity index (χ1) is 8.10. The summed E-state index contributed by atoms with van der Waals surface area (Å²) in [6.45, 7) is 6.73. The molecule has 1 aromatic heterocycles. The summed E-state index contributed by atoms with van der Waals surface area (Å²) >= 11 is 1.28. The van der Waals surface area contributed by atoms with Crippen molar-refractivity contribution in [1.82, 2.24) is 19.7 Å². The summed E-state index contributed by atoms with van der Waals surface area (Å²) in [5.74, 6) is 0. The normalized spacial score (nSPS) is 29.7. The molecule has 1 aliphatic heterocycles. The average molecular weight is 256 g/mol. The van der Waals surface area contributed by atoms with Gasteiger partial charge in [0.2, 0.25) is 6.23 Å². The van der Waals surface area contributed by atoms with Gasteiger partial charge in [0.15, 0.2) is 0 Å². The van der Waals surface area contributed by atoms with Gasteiger partial charge in [-0.3, -0.25) is 4.65 Å². The van der Waals surface area contributed by atoms with Gasteiger partial charge in [0.1, 0.15) is 11.7 Å². The molecule has 1 saturated heterocycles. The average Bonchev–Trinajstić information content (AvgIpc) is 2.86. The lowest BCUT2D eigenvalue weighted by Gasteiger charge is -2.36. The Labute approximate surface area is 104 Å². The first-order valence-electron chi connectivity index (χ1n) is 5.53. The Hall–Kier alpha value is -0.860. The Morgan fingerprint density at radius 2 is 2.47 bits per heavy atom. The van der Waals surface area contributed by atoms with Gasteiger partial charge in [-0.2, -0.15) is 0 Å². The number of hydrogen-bond donors (Lipinski definition) is 1. The number of rotatable bonds is 4. The lowest BCUT2D eigenvalue weighted by molar-refractivity contribution is 0.0844. The molecule has 1 fully saturated rings. The van der Waals surface area contributed by atoms with Gasteiger partial charge in [0, 0.05) is 6.54 Å². The maximum Gasteiger partial charge on any atom is 0.309 e. The van der Waals surface area contributed by atoms with E-state index in [4.69, 9.17) is 0 Å². The minimum Gasteiger partial charge on any atom is -0.623 e. The fourth-order valence-electron chi connectivity index (χ4n) is 1.86. The highest BCUT2D eigenvalue weighted by molar-refractivity contribution is 7.15. The lowest BCUT2D eigenvalue weighted by Crippen LogP contribution is -2.48. The largest absolute Gasteiger partial charge is 0.623 e. The Morgan fingerprint density at radius 1 is 1.71 bits per heavy atom. The van der Waals surface area contributed by atoms with Gasteiger partial charge < -0.3 is 10.3 Å². The van der Waals surface area contributed by atoms with Crippen molar-refractivity contribution in [3.05, 3.63) is 22.9 Å². The smallest absolute Gasteiger partial charge is 0.309 e. The lowest BCUT2D eigenvalue weighted by atomic mass is 10.5. The second-order valence-corrected chi connectivity index (χ2v) is 5.11. The molecule has 7 heteroatoms. The third-order valence-electron chi connectivity index (χ3n) is 2.78. The van der Waals surface area contributed by atoms with E-state index in [2.05, 4.69) is 16.8 Å². The van der Waals surface area contributed by atoms with Gasteiger partial charge in [-0.05, 0) is 17.8 Å². The number of β-amino-alcohol motifs (C(OH)–C–C–N with tert-alkyl or cyclic N) is 1. The molecule has 2 heterocycles. The van der Waals surface area contributed by atoms with Crippen LogP contribution in [-0.4, -0.2) is 46.2 Å². The van der Waals surface area contributed by atoms with Crippen LogP contribution in [0.3, 0.4) is 0 Å². The van der Waals surface area contributed by atoms with Gasteiger partial charge in [-0.1, -0.05) is 18.1 Å². The van der Waals surface area contributed by atoms with Crippen molar-refractivity contribution in [2.45, 2.75) is 19.6 Å². The number of nitrogens with zero attached hydrogens (tertiary/aromatic N) is 4. The molecule has 17 heavy (non-hydrogen) atoms. The predicted molar refractivity (Wildman–Crippen MR) is 67.1 cm³/mol. The topological polar surface area (TPSA) is 72.3 Å². The molecule has 0 radical (unpaired) electrons. The number of aryl methyl sites for hydroxylation is 1. The fourth-order valence-corrected chi connectivity index (χ4v) is 2.71. The molecule has 2 rings (SSSR count). The maximum atomic E-state index is 12.6. The van der Waals surface area contributed by atoms with Gasteiger partial charge in [0.05, 0.1) is 6.54 Å². The molecule has 0 spiro atoms. The Bertz CT molecular complexity index is 411. The van der Waals surface area contributed by atoms with Crippen molar-refractivity contribution in [2.24, 2.45) is 0 Å². The summed E-state index contributed by atoms with van der Waals surface area (Å²) in [5, 5.41) is 31.5. The third kappa shape index (κ3) is 2.24. The highest BCUT2D eigenvalue weighted by Gasteiger charge is 2.42. The molecule has 1 aliphatic rings. The summed E-state index contributed by atoms with van der Waals surface area (Å²) in [6, 6.07) is 0.